The number of anilines is 1. The number of ether oxygens (including phenoxy) is 1. The number of hydrogen-bond donors (Lipinski definition) is 1. The summed E-state index contributed by atoms with van der Waals surface area (Å²) in [6.45, 7) is 5.75. The predicted octanol–water partition coefficient (Wildman–Crippen LogP) is 0.307. The number of rotatable bonds is 3. The molecule has 8 heteroatoms. The van der Waals surface area contributed by atoms with Crippen molar-refractivity contribution in [3.05, 3.63) is 29.8 Å². The molecule has 0 radical (unpaired) electrons. The fraction of sp³-hybridized carbons (Fsp3) is 0.529. The van der Waals surface area contributed by atoms with Crippen LogP contribution in [0.4, 0.5) is 5.69 Å². The Labute approximate surface area is 154 Å². The quantitative estimate of drug-likeness (QED) is 0.777. The maximum atomic E-state index is 12.5. The second-order valence-electron chi connectivity index (χ2n) is 6.18. The van der Waals surface area contributed by atoms with Crippen LogP contribution in [0.3, 0.4) is 0 Å². The Morgan fingerprint density at radius 2 is 1.48 bits per heavy atom. The van der Waals surface area contributed by atoms with Crippen molar-refractivity contribution in [1.82, 2.24) is 14.7 Å². The average molecular weight is 369 g/mol. The molecule has 0 bridgehead atoms. The van der Waals surface area contributed by atoms with Crippen LogP contribution >= 0.6 is 12.4 Å². The van der Waals surface area contributed by atoms with Crippen LogP contribution in [0.5, 0.6) is 0 Å². The molecule has 0 aromatic heterocycles. The van der Waals surface area contributed by atoms with Crippen molar-refractivity contribution in [2.24, 2.45) is 0 Å². The van der Waals surface area contributed by atoms with Gasteiger partial charge >= 0.3 is 0 Å². The lowest BCUT2D eigenvalue weighted by Gasteiger charge is -2.36. The van der Waals surface area contributed by atoms with E-state index in [-0.39, 0.29) is 24.2 Å². The van der Waals surface area contributed by atoms with E-state index in [1.54, 1.807) is 29.2 Å². The highest BCUT2D eigenvalue weighted by molar-refractivity contribution is 5.94. The Kier molecular flexibility index (Phi) is 7.04. The number of carbonyl (C=O) groups excluding carboxylic acids is 2. The van der Waals surface area contributed by atoms with Crippen molar-refractivity contribution < 1.29 is 14.3 Å². The van der Waals surface area contributed by atoms with E-state index in [0.29, 0.717) is 57.2 Å². The smallest absolute Gasteiger partial charge is 0.253 e. The molecule has 0 unspecified atom stereocenters. The van der Waals surface area contributed by atoms with Crippen LogP contribution in [-0.4, -0.2) is 85.5 Å². The van der Waals surface area contributed by atoms with Crippen LogP contribution in [0.2, 0.25) is 0 Å². The van der Waals surface area contributed by atoms with E-state index in [9.17, 15) is 9.59 Å². The molecule has 2 saturated heterocycles. The van der Waals surface area contributed by atoms with Crippen molar-refractivity contribution in [1.29, 1.82) is 0 Å². The minimum absolute atomic E-state index is 0. The number of hydrogen-bond acceptors (Lipinski definition) is 5. The Hall–Kier alpha value is -1.83. The number of carbonyl (C=O) groups is 2. The summed E-state index contributed by atoms with van der Waals surface area (Å²) in [5, 5.41) is 0. The predicted molar refractivity (Wildman–Crippen MR) is 97.8 cm³/mol. The third kappa shape index (κ3) is 5.07. The summed E-state index contributed by atoms with van der Waals surface area (Å²) in [5.74, 6) is 0.131. The van der Waals surface area contributed by atoms with Gasteiger partial charge in [0, 0.05) is 50.5 Å². The molecule has 2 aliphatic rings. The van der Waals surface area contributed by atoms with Gasteiger partial charge in [0.25, 0.3) is 5.91 Å². The standard InChI is InChI=1S/C17H24N4O3.ClH/c18-15-3-1-14(2-4-15)17(23)21-7-5-20(6-8-21)16(22)13-19-9-11-24-12-10-19;/h1-4H,5-13,18H2;1H. The molecule has 2 amide bonds. The first-order valence-corrected chi connectivity index (χ1v) is 8.36. The van der Waals surface area contributed by atoms with Crippen LogP contribution in [0.15, 0.2) is 24.3 Å². The SMILES string of the molecule is Cl.Nc1ccc(C(=O)N2CCN(C(=O)CN3CCOCC3)CC2)cc1. The highest BCUT2D eigenvalue weighted by atomic mass is 35.5. The fourth-order valence-corrected chi connectivity index (χ4v) is 3.02. The van der Waals surface area contributed by atoms with E-state index >= 15 is 0 Å². The van der Waals surface area contributed by atoms with Crippen LogP contribution < -0.4 is 5.73 Å². The number of nitrogens with two attached hydrogens (primary N) is 1. The second kappa shape index (κ2) is 9.03. The number of halogens is 1. The minimum atomic E-state index is -0.00437. The normalized spacial score (nSPS) is 18.6. The van der Waals surface area contributed by atoms with Gasteiger partial charge in [-0.05, 0) is 24.3 Å². The summed E-state index contributed by atoms with van der Waals surface area (Å²) in [4.78, 5) is 30.6. The summed E-state index contributed by atoms with van der Waals surface area (Å²) in [7, 11) is 0. The van der Waals surface area contributed by atoms with Gasteiger partial charge in [-0.2, -0.15) is 0 Å². The maximum Gasteiger partial charge on any atom is 0.253 e. The molecule has 25 heavy (non-hydrogen) atoms. The summed E-state index contributed by atoms with van der Waals surface area (Å²) >= 11 is 0. The molecule has 2 N–H and O–H groups in total. The molecule has 7 nitrogen and oxygen atoms in total. The molecule has 0 saturated carbocycles. The van der Waals surface area contributed by atoms with Crippen molar-refractivity contribution in [2.75, 3.05) is 64.8 Å². The number of piperazine rings is 1. The third-order valence-corrected chi connectivity index (χ3v) is 4.54. The molecular weight excluding hydrogens is 344 g/mol. The van der Waals surface area contributed by atoms with Gasteiger partial charge in [-0.3, -0.25) is 14.5 Å². The Bertz CT molecular complexity index is 582. The summed E-state index contributed by atoms with van der Waals surface area (Å²) in [6.07, 6.45) is 0. The lowest BCUT2D eigenvalue weighted by atomic mass is 10.1. The van der Waals surface area contributed by atoms with Gasteiger partial charge in [-0.1, -0.05) is 0 Å². The van der Waals surface area contributed by atoms with Crippen LogP contribution in [0.1, 0.15) is 10.4 Å². The van der Waals surface area contributed by atoms with Crippen LogP contribution in [0, 0.1) is 0 Å². The lowest BCUT2D eigenvalue weighted by Crippen LogP contribution is -2.53. The highest BCUT2D eigenvalue weighted by Crippen LogP contribution is 2.11. The number of nitrogen functional groups attached to an aromatic ring is 1. The van der Waals surface area contributed by atoms with Gasteiger partial charge in [0.2, 0.25) is 5.91 Å². The number of amides is 2. The average Bonchev–Trinajstić information content (AvgIpc) is 2.63. The van der Waals surface area contributed by atoms with E-state index in [1.807, 2.05) is 4.90 Å². The maximum absolute atomic E-state index is 12.5. The van der Waals surface area contributed by atoms with E-state index in [4.69, 9.17) is 10.5 Å². The molecule has 2 heterocycles. The summed E-state index contributed by atoms with van der Waals surface area (Å²) in [6, 6.07) is 6.95. The second-order valence-corrected chi connectivity index (χ2v) is 6.18. The Morgan fingerprint density at radius 1 is 0.920 bits per heavy atom. The summed E-state index contributed by atoms with van der Waals surface area (Å²) in [5.41, 5.74) is 6.93. The molecule has 138 valence electrons. The van der Waals surface area contributed by atoms with Gasteiger partial charge < -0.3 is 20.3 Å². The molecule has 2 fully saturated rings. The van der Waals surface area contributed by atoms with Crippen LogP contribution in [0.25, 0.3) is 0 Å². The monoisotopic (exact) mass is 368 g/mol. The summed E-state index contributed by atoms with van der Waals surface area (Å²) < 4.78 is 5.30. The Balaban J connectivity index is 0.00000225. The molecule has 2 aliphatic heterocycles. The van der Waals surface area contributed by atoms with Crippen molar-refractivity contribution in [3.63, 3.8) is 0 Å². The van der Waals surface area contributed by atoms with Gasteiger partial charge in [-0.15, -0.1) is 12.4 Å². The van der Waals surface area contributed by atoms with Gasteiger partial charge in [-0.25, -0.2) is 0 Å². The zero-order valence-corrected chi connectivity index (χ0v) is 15.0. The van der Waals surface area contributed by atoms with Crippen molar-refractivity contribution in [2.45, 2.75) is 0 Å². The molecule has 0 aliphatic carbocycles. The molecule has 0 atom stereocenters. The largest absolute Gasteiger partial charge is 0.399 e. The highest BCUT2D eigenvalue weighted by Gasteiger charge is 2.26. The molecular formula is C17H25ClN4O3. The van der Waals surface area contributed by atoms with Crippen LogP contribution in [-0.2, 0) is 9.53 Å². The third-order valence-electron chi connectivity index (χ3n) is 4.54. The first-order chi connectivity index (χ1) is 11.6. The van der Waals surface area contributed by atoms with Gasteiger partial charge in [0.15, 0.2) is 0 Å². The fourth-order valence-electron chi connectivity index (χ4n) is 3.02. The van der Waals surface area contributed by atoms with Crippen molar-refractivity contribution >= 4 is 29.9 Å². The molecule has 3 rings (SSSR count). The lowest BCUT2D eigenvalue weighted by molar-refractivity contribution is -0.134. The number of nitrogens with zero attached hydrogens (tertiary/aromatic N) is 3. The molecule has 0 spiro atoms. The van der Waals surface area contributed by atoms with Crippen molar-refractivity contribution in [3.8, 4) is 0 Å². The topological polar surface area (TPSA) is 79.1 Å². The Morgan fingerprint density at radius 3 is 2.08 bits per heavy atom. The van der Waals surface area contributed by atoms with E-state index < -0.39 is 0 Å². The first-order valence-electron chi connectivity index (χ1n) is 8.36. The zero-order chi connectivity index (χ0) is 16.9. The molecule has 1 aromatic rings. The van der Waals surface area contributed by atoms with E-state index in [2.05, 4.69) is 4.90 Å². The van der Waals surface area contributed by atoms with E-state index in [0.717, 1.165) is 13.1 Å². The van der Waals surface area contributed by atoms with Gasteiger partial charge in [0.05, 0.1) is 19.8 Å². The molecule has 1 aromatic carbocycles. The number of benzene rings is 1. The first kappa shape index (κ1) is 19.5. The zero-order valence-electron chi connectivity index (χ0n) is 14.2. The van der Waals surface area contributed by atoms with Gasteiger partial charge in [0.1, 0.15) is 0 Å². The van der Waals surface area contributed by atoms with E-state index in [1.165, 1.54) is 0 Å². The number of morpholine rings is 1. The minimum Gasteiger partial charge on any atom is -0.399 e.